The van der Waals surface area contributed by atoms with Crippen molar-refractivity contribution in [2.24, 2.45) is 0 Å². The highest BCUT2D eigenvalue weighted by atomic mass is 19.2. The molecule has 112 valence electrons. The third-order valence-corrected chi connectivity index (χ3v) is 2.99. The van der Waals surface area contributed by atoms with Crippen molar-refractivity contribution in [2.75, 3.05) is 6.54 Å². The van der Waals surface area contributed by atoms with Gasteiger partial charge in [-0.1, -0.05) is 6.07 Å². The number of aliphatic hydroxyl groups is 1. The molecule has 1 aromatic heterocycles. The van der Waals surface area contributed by atoms with Crippen LogP contribution in [-0.4, -0.2) is 17.6 Å². The predicted octanol–water partition coefficient (Wildman–Crippen LogP) is 2.34. The summed E-state index contributed by atoms with van der Waals surface area (Å²) in [6, 6.07) is 6.79. The topological polar surface area (TPSA) is 62.5 Å². The van der Waals surface area contributed by atoms with Crippen molar-refractivity contribution in [1.29, 1.82) is 0 Å². The fourth-order valence-corrected chi connectivity index (χ4v) is 1.83. The number of aryl methyl sites for hydroxylation is 1. The Kier molecular flexibility index (Phi) is 5.05. The van der Waals surface area contributed by atoms with Crippen molar-refractivity contribution in [2.45, 2.75) is 18.9 Å². The van der Waals surface area contributed by atoms with E-state index in [0.29, 0.717) is 17.7 Å². The van der Waals surface area contributed by atoms with Crippen LogP contribution in [0.5, 0.6) is 0 Å². The van der Waals surface area contributed by atoms with E-state index in [9.17, 15) is 18.7 Å². The third kappa shape index (κ3) is 4.39. The van der Waals surface area contributed by atoms with E-state index < -0.39 is 17.7 Å². The van der Waals surface area contributed by atoms with Crippen LogP contribution >= 0.6 is 0 Å². The summed E-state index contributed by atoms with van der Waals surface area (Å²) in [6.07, 6.45) is 0.937. The maximum Gasteiger partial charge on any atom is 0.220 e. The molecular weight excluding hydrogens is 280 g/mol. The van der Waals surface area contributed by atoms with Gasteiger partial charge in [-0.15, -0.1) is 0 Å². The van der Waals surface area contributed by atoms with Crippen LogP contribution in [0, 0.1) is 11.6 Å². The van der Waals surface area contributed by atoms with Crippen molar-refractivity contribution in [3.63, 3.8) is 0 Å². The number of aliphatic hydroxyl groups excluding tert-OH is 1. The molecule has 2 rings (SSSR count). The van der Waals surface area contributed by atoms with E-state index >= 15 is 0 Å². The number of nitrogens with one attached hydrogen (secondary N) is 1. The first-order valence-corrected chi connectivity index (χ1v) is 6.48. The van der Waals surface area contributed by atoms with Gasteiger partial charge in [-0.05, 0) is 36.2 Å². The second kappa shape index (κ2) is 6.99. The number of carbonyl (C=O) groups excluding carboxylic acids is 1. The van der Waals surface area contributed by atoms with Crippen LogP contribution in [0.1, 0.15) is 23.8 Å². The van der Waals surface area contributed by atoms with Gasteiger partial charge in [0.25, 0.3) is 0 Å². The van der Waals surface area contributed by atoms with Crippen LogP contribution in [-0.2, 0) is 11.2 Å². The molecule has 0 saturated heterocycles. The number of furan rings is 1. The van der Waals surface area contributed by atoms with Gasteiger partial charge < -0.3 is 14.8 Å². The summed E-state index contributed by atoms with van der Waals surface area (Å²) in [7, 11) is 0. The second-order valence-corrected chi connectivity index (χ2v) is 4.58. The maximum absolute atomic E-state index is 13.0. The molecule has 0 fully saturated rings. The average molecular weight is 295 g/mol. The molecule has 1 atom stereocenters. The molecule has 1 amide bonds. The Morgan fingerprint density at radius 3 is 2.76 bits per heavy atom. The lowest BCUT2D eigenvalue weighted by Gasteiger charge is -2.09. The molecule has 21 heavy (non-hydrogen) atoms. The standard InChI is InChI=1S/C15H15F2NO3/c16-11-5-3-10(8-12(11)17)4-6-15(20)18-9-13(19)14-2-1-7-21-14/h1-3,5,7-8,13,19H,4,6,9H2,(H,18,20). The number of hydrogen-bond acceptors (Lipinski definition) is 3. The lowest BCUT2D eigenvalue weighted by Crippen LogP contribution is -2.28. The van der Waals surface area contributed by atoms with Crippen LogP contribution in [0.3, 0.4) is 0 Å². The molecule has 0 aliphatic heterocycles. The van der Waals surface area contributed by atoms with Crippen molar-refractivity contribution in [1.82, 2.24) is 5.32 Å². The summed E-state index contributed by atoms with van der Waals surface area (Å²) in [6.45, 7) is 0.0319. The van der Waals surface area contributed by atoms with Gasteiger partial charge in [0.1, 0.15) is 11.9 Å². The van der Waals surface area contributed by atoms with Gasteiger partial charge in [0.15, 0.2) is 11.6 Å². The Hall–Kier alpha value is -2.21. The maximum atomic E-state index is 13.0. The predicted molar refractivity (Wildman–Crippen MR) is 71.4 cm³/mol. The Balaban J connectivity index is 1.75. The summed E-state index contributed by atoms with van der Waals surface area (Å²) < 4.78 is 30.7. The number of hydrogen-bond donors (Lipinski definition) is 2. The zero-order chi connectivity index (χ0) is 15.2. The number of amides is 1. The number of rotatable bonds is 6. The molecular formula is C15H15F2NO3. The molecule has 2 aromatic rings. The van der Waals surface area contributed by atoms with Crippen LogP contribution in [0.2, 0.25) is 0 Å². The van der Waals surface area contributed by atoms with Gasteiger partial charge in [-0.25, -0.2) is 8.78 Å². The van der Waals surface area contributed by atoms with Crippen LogP contribution in [0.25, 0.3) is 0 Å². The first kappa shape index (κ1) is 15.2. The van der Waals surface area contributed by atoms with Crippen LogP contribution < -0.4 is 5.32 Å². The van der Waals surface area contributed by atoms with Gasteiger partial charge in [0, 0.05) is 6.42 Å². The number of halogens is 2. The highest BCUT2D eigenvalue weighted by Crippen LogP contribution is 2.12. The van der Waals surface area contributed by atoms with E-state index in [0.717, 1.165) is 12.1 Å². The van der Waals surface area contributed by atoms with Gasteiger partial charge in [0.2, 0.25) is 5.91 Å². The van der Waals surface area contributed by atoms with Crippen molar-refractivity contribution < 1.29 is 23.1 Å². The minimum Gasteiger partial charge on any atom is -0.467 e. The van der Waals surface area contributed by atoms with Gasteiger partial charge in [-0.3, -0.25) is 4.79 Å². The van der Waals surface area contributed by atoms with Crippen molar-refractivity contribution in [3.8, 4) is 0 Å². The van der Waals surface area contributed by atoms with Gasteiger partial charge in [0.05, 0.1) is 12.8 Å². The molecule has 1 unspecified atom stereocenters. The second-order valence-electron chi connectivity index (χ2n) is 4.58. The van der Waals surface area contributed by atoms with Crippen molar-refractivity contribution in [3.05, 3.63) is 59.6 Å². The largest absolute Gasteiger partial charge is 0.467 e. The molecule has 0 spiro atoms. The summed E-state index contributed by atoms with van der Waals surface area (Å²) in [5.74, 6) is -1.76. The molecule has 4 nitrogen and oxygen atoms in total. The Morgan fingerprint density at radius 1 is 1.29 bits per heavy atom. The number of benzene rings is 1. The van der Waals surface area contributed by atoms with Crippen molar-refractivity contribution >= 4 is 5.91 Å². The van der Waals surface area contributed by atoms with E-state index in [4.69, 9.17) is 4.42 Å². The van der Waals surface area contributed by atoms with E-state index in [2.05, 4.69) is 5.32 Å². The molecule has 2 N–H and O–H groups in total. The highest BCUT2D eigenvalue weighted by molar-refractivity contribution is 5.76. The summed E-state index contributed by atoms with van der Waals surface area (Å²) in [5, 5.41) is 12.3. The van der Waals surface area contributed by atoms with Gasteiger partial charge >= 0.3 is 0 Å². The molecule has 1 aromatic carbocycles. The zero-order valence-corrected chi connectivity index (χ0v) is 11.2. The lowest BCUT2D eigenvalue weighted by atomic mass is 10.1. The first-order chi connectivity index (χ1) is 10.1. The summed E-state index contributed by atoms with van der Waals surface area (Å²) >= 11 is 0. The normalized spacial score (nSPS) is 12.1. The smallest absolute Gasteiger partial charge is 0.220 e. The Morgan fingerprint density at radius 2 is 2.10 bits per heavy atom. The SMILES string of the molecule is O=C(CCc1ccc(F)c(F)c1)NCC(O)c1ccco1. The quantitative estimate of drug-likeness (QED) is 0.860. The molecule has 6 heteroatoms. The average Bonchev–Trinajstić information content (AvgIpc) is 3.00. The van der Waals surface area contributed by atoms with E-state index in [-0.39, 0.29) is 18.9 Å². The fraction of sp³-hybridized carbons (Fsp3) is 0.267. The summed E-state index contributed by atoms with van der Waals surface area (Å²) in [4.78, 5) is 11.6. The zero-order valence-electron chi connectivity index (χ0n) is 11.2. The Labute approximate surface area is 120 Å². The number of carbonyl (C=O) groups is 1. The molecule has 0 aliphatic carbocycles. The van der Waals surface area contributed by atoms with E-state index in [1.807, 2.05) is 0 Å². The molecule has 1 heterocycles. The van der Waals surface area contributed by atoms with Crippen LogP contribution in [0.15, 0.2) is 41.0 Å². The Bertz CT molecular complexity index is 599. The first-order valence-electron chi connectivity index (χ1n) is 6.48. The van der Waals surface area contributed by atoms with Crippen LogP contribution in [0.4, 0.5) is 8.78 Å². The minimum absolute atomic E-state index is 0.0319. The molecule has 0 saturated carbocycles. The highest BCUT2D eigenvalue weighted by Gasteiger charge is 2.12. The lowest BCUT2D eigenvalue weighted by molar-refractivity contribution is -0.121. The summed E-state index contributed by atoms with van der Waals surface area (Å²) in [5.41, 5.74) is 0.538. The van der Waals surface area contributed by atoms with Gasteiger partial charge in [-0.2, -0.15) is 0 Å². The fourth-order valence-electron chi connectivity index (χ4n) is 1.83. The van der Waals surface area contributed by atoms with E-state index in [1.54, 1.807) is 12.1 Å². The third-order valence-electron chi connectivity index (χ3n) is 2.99. The molecule has 0 radical (unpaired) electrons. The molecule has 0 bridgehead atoms. The minimum atomic E-state index is -0.929. The van der Waals surface area contributed by atoms with E-state index in [1.165, 1.54) is 12.3 Å². The molecule has 0 aliphatic rings. The monoisotopic (exact) mass is 295 g/mol.